The van der Waals surface area contributed by atoms with E-state index in [2.05, 4.69) is 30.5 Å². The molecule has 0 spiro atoms. The SMILES string of the molecule is CC(Nc1nc(C(F)F)nc(N)c1C#N)c1nc2cccc(Cl)c2c(=O)n1-c1cc[nH]n1. The first-order chi connectivity index (χ1) is 15.3. The van der Waals surface area contributed by atoms with Crippen LogP contribution in [0.5, 0.6) is 0 Å². The van der Waals surface area contributed by atoms with Crippen molar-refractivity contribution in [1.82, 2.24) is 29.7 Å². The summed E-state index contributed by atoms with van der Waals surface area (Å²) in [7, 11) is 0. The number of rotatable bonds is 5. The van der Waals surface area contributed by atoms with Gasteiger partial charge in [-0.3, -0.25) is 9.89 Å². The third-order valence-electron chi connectivity index (χ3n) is 4.59. The molecule has 4 aromatic rings. The van der Waals surface area contributed by atoms with E-state index < -0.39 is 29.7 Å². The Bertz CT molecular complexity index is 1410. The smallest absolute Gasteiger partial charge is 0.297 e. The van der Waals surface area contributed by atoms with Gasteiger partial charge in [-0.15, -0.1) is 0 Å². The molecule has 0 aliphatic carbocycles. The Hall–Kier alpha value is -4.11. The number of anilines is 2. The summed E-state index contributed by atoms with van der Waals surface area (Å²) in [4.78, 5) is 25.0. The maximum atomic E-state index is 13.3. The minimum absolute atomic E-state index is 0.177. The van der Waals surface area contributed by atoms with Gasteiger partial charge in [0.1, 0.15) is 23.3 Å². The van der Waals surface area contributed by atoms with Crippen molar-refractivity contribution in [3.8, 4) is 11.9 Å². The summed E-state index contributed by atoms with van der Waals surface area (Å²) in [6.45, 7) is 1.61. The van der Waals surface area contributed by atoms with Gasteiger partial charge in [0.05, 0.1) is 22.0 Å². The minimum Gasteiger partial charge on any atom is -0.382 e. The zero-order valence-electron chi connectivity index (χ0n) is 16.3. The van der Waals surface area contributed by atoms with E-state index in [0.29, 0.717) is 5.52 Å². The predicted octanol–water partition coefficient (Wildman–Crippen LogP) is 3.12. The molecule has 1 aromatic carbocycles. The standard InChI is InChI=1S/C19H14ClF2N9O/c1-8(26-16-9(7-23)15(24)28-17(29-16)14(21)22)18-27-11-4-2-3-10(20)13(11)19(32)31(18)12-5-6-25-30-12/h2-6,8,14H,1H3,(H,25,30)(H3,24,26,28,29). The number of aromatic amines is 1. The van der Waals surface area contributed by atoms with Gasteiger partial charge in [-0.25, -0.2) is 28.3 Å². The van der Waals surface area contributed by atoms with E-state index in [9.17, 15) is 18.8 Å². The number of aromatic nitrogens is 6. The van der Waals surface area contributed by atoms with Gasteiger partial charge < -0.3 is 11.1 Å². The zero-order valence-corrected chi connectivity index (χ0v) is 17.1. The topological polar surface area (TPSA) is 151 Å². The molecule has 0 aliphatic heterocycles. The van der Waals surface area contributed by atoms with Crippen molar-refractivity contribution in [2.75, 3.05) is 11.1 Å². The van der Waals surface area contributed by atoms with Crippen LogP contribution in [0.2, 0.25) is 5.02 Å². The third kappa shape index (κ3) is 3.58. The van der Waals surface area contributed by atoms with Crippen molar-refractivity contribution in [3.63, 3.8) is 0 Å². The van der Waals surface area contributed by atoms with Crippen LogP contribution in [0, 0.1) is 11.3 Å². The summed E-state index contributed by atoms with van der Waals surface area (Å²) < 4.78 is 27.6. The highest BCUT2D eigenvalue weighted by atomic mass is 35.5. The number of nitrogens with two attached hydrogens (primary N) is 1. The van der Waals surface area contributed by atoms with Crippen LogP contribution in [0.15, 0.2) is 35.3 Å². The van der Waals surface area contributed by atoms with Crippen LogP contribution in [-0.2, 0) is 0 Å². The first-order valence-electron chi connectivity index (χ1n) is 9.15. The predicted molar refractivity (Wildman–Crippen MR) is 113 cm³/mol. The largest absolute Gasteiger partial charge is 0.382 e. The van der Waals surface area contributed by atoms with Gasteiger partial charge in [0.15, 0.2) is 17.5 Å². The average Bonchev–Trinajstić information content (AvgIpc) is 3.27. The molecule has 3 heterocycles. The van der Waals surface area contributed by atoms with Crippen LogP contribution in [0.3, 0.4) is 0 Å². The maximum absolute atomic E-state index is 13.3. The van der Waals surface area contributed by atoms with Crippen LogP contribution >= 0.6 is 11.6 Å². The number of nitrogens with zero attached hydrogens (tertiary/aromatic N) is 6. The lowest BCUT2D eigenvalue weighted by atomic mass is 10.2. The van der Waals surface area contributed by atoms with Crippen LogP contribution in [0.1, 0.15) is 36.6 Å². The number of nitriles is 1. The third-order valence-corrected chi connectivity index (χ3v) is 4.90. The summed E-state index contributed by atoms with van der Waals surface area (Å²) in [6.07, 6.45) is -1.47. The van der Waals surface area contributed by atoms with Gasteiger partial charge in [0.2, 0.25) is 0 Å². The van der Waals surface area contributed by atoms with Crippen molar-refractivity contribution in [2.45, 2.75) is 19.4 Å². The normalized spacial score (nSPS) is 12.1. The van der Waals surface area contributed by atoms with Crippen LogP contribution < -0.4 is 16.6 Å². The van der Waals surface area contributed by atoms with Gasteiger partial charge in [0, 0.05) is 12.3 Å². The monoisotopic (exact) mass is 457 g/mol. The van der Waals surface area contributed by atoms with Gasteiger partial charge in [-0.05, 0) is 19.1 Å². The quantitative estimate of drug-likeness (QED) is 0.413. The summed E-state index contributed by atoms with van der Waals surface area (Å²) in [5.41, 5.74) is 5.30. The van der Waals surface area contributed by atoms with E-state index in [0.717, 1.165) is 0 Å². The molecule has 13 heteroatoms. The fourth-order valence-corrected chi connectivity index (χ4v) is 3.42. The summed E-state index contributed by atoms with van der Waals surface area (Å²) >= 11 is 6.23. The van der Waals surface area contributed by atoms with Crippen LogP contribution in [0.25, 0.3) is 16.7 Å². The first-order valence-corrected chi connectivity index (χ1v) is 9.53. The molecular formula is C19H14ClF2N9O. The Morgan fingerprint density at radius 1 is 1.28 bits per heavy atom. The molecule has 1 unspecified atom stereocenters. The van der Waals surface area contributed by atoms with Crippen LogP contribution in [-0.4, -0.2) is 29.7 Å². The maximum Gasteiger partial charge on any atom is 0.297 e. The van der Waals surface area contributed by atoms with E-state index in [1.165, 1.54) is 10.8 Å². The highest BCUT2D eigenvalue weighted by Gasteiger charge is 2.24. The number of nitrogen functional groups attached to an aromatic ring is 1. The van der Waals surface area contributed by atoms with E-state index in [4.69, 9.17) is 17.3 Å². The molecule has 10 nitrogen and oxygen atoms in total. The molecule has 0 bridgehead atoms. The Balaban J connectivity index is 1.90. The molecule has 0 saturated carbocycles. The average molecular weight is 458 g/mol. The molecule has 0 radical (unpaired) electrons. The second kappa shape index (κ2) is 8.20. The number of fused-ring (bicyclic) bond motifs is 1. The van der Waals surface area contributed by atoms with Gasteiger partial charge in [-0.1, -0.05) is 17.7 Å². The van der Waals surface area contributed by atoms with Crippen molar-refractivity contribution in [2.24, 2.45) is 0 Å². The van der Waals surface area contributed by atoms with Gasteiger partial charge in [-0.2, -0.15) is 10.4 Å². The van der Waals surface area contributed by atoms with Gasteiger partial charge >= 0.3 is 0 Å². The number of halogens is 3. The number of hydrogen-bond acceptors (Lipinski definition) is 8. The van der Waals surface area contributed by atoms with E-state index >= 15 is 0 Å². The van der Waals surface area contributed by atoms with Crippen LogP contribution in [0.4, 0.5) is 20.4 Å². The number of hydrogen-bond donors (Lipinski definition) is 3. The molecule has 162 valence electrons. The Morgan fingerprint density at radius 3 is 2.72 bits per heavy atom. The number of alkyl halides is 2. The molecule has 32 heavy (non-hydrogen) atoms. The summed E-state index contributed by atoms with van der Waals surface area (Å²) in [5, 5.41) is 19.3. The van der Waals surface area contributed by atoms with E-state index in [1.807, 2.05) is 0 Å². The Morgan fingerprint density at radius 2 is 2.06 bits per heavy atom. The van der Waals surface area contributed by atoms with Crippen molar-refractivity contribution < 1.29 is 8.78 Å². The number of benzene rings is 1. The molecule has 4 N–H and O–H groups in total. The minimum atomic E-state index is -3.00. The lowest BCUT2D eigenvalue weighted by molar-refractivity contribution is 0.140. The lowest BCUT2D eigenvalue weighted by Gasteiger charge is -2.20. The first kappa shape index (κ1) is 21.1. The lowest BCUT2D eigenvalue weighted by Crippen LogP contribution is -2.28. The molecule has 4 rings (SSSR count). The molecule has 1 atom stereocenters. The molecule has 0 fully saturated rings. The second-order valence-electron chi connectivity index (χ2n) is 6.65. The van der Waals surface area contributed by atoms with Crippen molar-refractivity contribution >= 4 is 34.1 Å². The van der Waals surface area contributed by atoms with E-state index in [-0.39, 0.29) is 33.4 Å². The van der Waals surface area contributed by atoms with E-state index in [1.54, 1.807) is 37.3 Å². The van der Waals surface area contributed by atoms with Crippen molar-refractivity contribution in [1.29, 1.82) is 5.26 Å². The Labute approximate surface area is 183 Å². The fourth-order valence-electron chi connectivity index (χ4n) is 3.17. The summed E-state index contributed by atoms with van der Waals surface area (Å²) in [5.74, 6) is -1.02. The molecule has 0 saturated heterocycles. The molecule has 0 amide bonds. The summed E-state index contributed by atoms with van der Waals surface area (Å²) in [6, 6.07) is 7.38. The second-order valence-corrected chi connectivity index (χ2v) is 7.05. The Kier molecular flexibility index (Phi) is 5.41. The zero-order chi connectivity index (χ0) is 23.0. The van der Waals surface area contributed by atoms with Gasteiger partial charge in [0.25, 0.3) is 12.0 Å². The highest BCUT2D eigenvalue weighted by molar-refractivity contribution is 6.35. The molecular weight excluding hydrogens is 444 g/mol. The number of nitrogens with one attached hydrogen (secondary N) is 2. The van der Waals surface area contributed by atoms with Crippen molar-refractivity contribution in [3.05, 3.63) is 63.1 Å². The fraction of sp³-hybridized carbons (Fsp3) is 0.158. The molecule has 3 aromatic heterocycles. The highest BCUT2D eigenvalue weighted by Crippen LogP contribution is 2.27. The number of H-pyrrole nitrogens is 1. The molecule has 0 aliphatic rings.